The Balaban J connectivity index is 1.72. The Morgan fingerprint density at radius 1 is 1.10 bits per heavy atom. The molecule has 1 aliphatic rings. The van der Waals surface area contributed by atoms with Gasteiger partial charge in [0.2, 0.25) is 5.91 Å². The first kappa shape index (κ1) is 13.9. The fourth-order valence-corrected chi connectivity index (χ4v) is 2.56. The number of carbonyl (C=O) groups excluding carboxylic acids is 1. The van der Waals surface area contributed by atoms with E-state index in [4.69, 9.17) is 4.74 Å². The van der Waals surface area contributed by atoms with E-state index in [1.165, 1.54) is 5.46 Å². The smallest absolute Gasteiger partial charge is 0.249 e. The molecule has 3 nitrogen and oxygen atoms in total. The van der Waals surface area contributed by atoms with Crippen molar-refractivity contribution >= 4 is 19.2 Å². The number of benzene rings is 2. The van der Waals surface area contributed by atoms with Gasteiger partial charge in [-0.3, -0.25) is 4.79 Å². The van der Waals surface area contributed by atoms with Crippen LogP contribution in [0, 0.1) is 0 Å². The van der Waals surface area contributed by atoms with Crippen molar-refractivity contribution in [1.82, 2.24) is 4.90 Å². The summed E-state index contributed by atoms with van der Waals surface area (Å²) in [7, 11) is 2.07. The molecule has 3 rings (SSSR count). The second kappa shape index (κ2) is 6.14. The van der Waals surface area contributed by atoms with E-state index in [9.17, 15) is 4.79 Å². The third-order valence-corrected chi connectivity index (χ3v) is 3.81. The van der Waals surface area contributed by atoms with Gasteiger partial charge in [0, 0.05) is 6.54 Å². The van der Waals surface area contributed by atoms with E-state index < -0.39 is 0 Å². The molecule has 1 aliphatic heterocycles. The van der Waals surface area contributed by atoms with E-state index >= 15 is 0 Å². The van der Waals surface area contributed by atoms with Gasteiger partial charge in [-0.15, -0.1) is 0 Å². The minimum atomic E-state index is -0.0352. The maximum atomic E-state index is 12.0. The molecule has 1 atom stereocenters. The summed E-state index contributed by atoms with van der Waals surface area (Å²) in [5.41, 5.74) is 3.51. The lowest BCUT2D eigenvalue weighted by Gasteiger charge is -2.33. The summed E-state index contributed by atoms with van der Waals surface area (Å²) in [6, 6.07) is 18.4. The monoisotopic (exact) mass is 279 g/mol. The molecule has 0 bridgehead atoms. The summed E-state index contributed by atoms with van der Waals surface area (Å²) in [5, 5.41) is 0. The molecule has 0 aromatic heterocycles. The van der Waals surface area contributed by atoms with E-state index in [2.05, 4.69) is 32.1 Å². The summed E-state index contributed by atoms with van der Waals surface area (Å²) in [4.78, 5) is 13.9. The molecule has 0 radical (unpaired) electrons. The van der Waals surface area contributed by atoms with E-state index in [0.29, 0.717) is 13.1 Å². The van der Waals surface area contributed by atoms with Crippen molar-refractivity contribution in [3.05, 3.63) is 65.7 Å². The lowest BCUT2D eigenvalue weighted by atomic mass is 9.94. The highest BCUT2D eigenvalue weighted by atomic mass is 16.5. The van der Waals surface area contributed by atoms with Crippen LogP contribution in [0.15, 0.2) is 54.6 Å². The molecule has 1 fully saturated rings. The maximum absolute atomic E-state index is 12.0. The summed E-state index contributed by atoms with van der Waals surface area (Å²) in [6.45, 7) is 1.41. The molecule has 0 N–H and O–H groups in total. The van der Waals surface area contributed by atoms with Gasteiger partial charge in [0.1, 0.15) is 20.6 Å². The SMILES string of the molecule is Bc1ccc(C2CN(Cc3ccccc3)C(=O)CO2)cc1. The molecule has 2 aromatic rings. The van der Waals surface area contributed by atoms with E-state index in [1.807, 2.05) is 35.2 Å². The zero-order chi connectivity index (χ0) is 14.7. The third kappa shape index (κ3) is 3.34. The van der Waals surface area contributed by atoms with Gasteiger partial charge in [-0.25, -0.2) is 0 Å². The number of hydrogen-bond donors (Lipinski definition) is 0. The molecule has 21 heavy (non-hydrogen) atoms. The molecule has 1 unspecified atom stereocenters. The molecule has 106 valence electrons. The summed E-state index contributed by atoms with van der Waals surface area (Å²) in [5.74, 6) is 0.0576. The van der Waals surface area contributed by atoms with Crippen LogP contribution < -0.4 is 5.46 Å². The quantitative estimate of drug-likeness (QED) is 0.786. The second-order valence-corrected chi connectivity index (χ2v) is 5.47. The van der Waals surface area contributed by atoms with Crippen molar-refractivity contribution in [3.63, 3.8) is 0 Å². The lowest BCUT2D eigenvalue weighted by Crippen LogP contribution is -2.42. The third-order valence-electron chi connectivity index (χ3n) is 3.81. The van der Waals surface area contributed by atoms with E-state index in [-0.39, 0.29) is 18.6 Å². The molecule has 1 saturated heterocycles. The predicted molar refractivity (Wildman–Crippen MR) is 85.2 cm³/mol. The lowest BCUT2D eigenvalue weighted by molar-refractivity contribution is -0.150. The molecule has 2 aromatic carbocycles. The first-order valence-corrected chi connectivity index (χ1v) is 7.22. The molecule has 4 heteroatoms. The highest BCUT2D eigenvalue weighted by Gasteiger charge is 2.27. The summed E-state index contributed by atoms with van der Waals surface area (Å²) < 4.78 is 5.69. The molecule has 0 saturated carbocycles. The van der Waals surface area contributed by atoms with Crippen LogP contribution in [0.25, 0.3) is 0 Å². The van der Waals surface area contributed by atoms with Crippen molar-refractivity contribution in [3.8, 4) is 0 Å². The van der Waals surface area contributed by atoms with Crippen molar-refractivity contribution < 1.29 is 9.53 Å². The minimum absolute atomic E-state index is 0.0352. The van der Waals surface area contributed by atoms with Gasteiger partial charge in [0.25, 0.3) is 0 Å². The van der Waals surface area contributed by atoms with Gasteiger partial charge >= 0.3 is 0 Å². The number of hydrogen-bond acceptors (Lipinski definition) is 2. The van der Waals surface area contributed by atoms with Crippen LogP contribution in [0.1, 0.15) is 17.2 Å². The van der Waals surface area contributed by atoms with Gasteiger partial charge in [0.15, 0.2) is 0 Å². The Kier molecular flexibility index (Phi) is 4.07. The van der Waals surface area contributed by atoms with Crippen molar-refractivity contribution in [2.24, 2.45) is 0 Å². The Morgan fingerprint density at radius 2 is 1.81 bits per heavy atom. The molecular formula is C17H18BNO2. The predicted octanol–water partition coefficient (Wildman–Crippen LogP) is 1.05. The maximum Gasteiger partial charge on any atom is 0.249 e. The number of morpholine rings is 1. The molecule has 0 aliphatic carbocycles. The van der Waals surface area contributed by atoms with E-state index in [1.54, 1.807) is 0 Å². The van der Waals surface area contributed by atoms with Crippen LogP contribution >= 0.6 is 0 Å². The largest absolute Gasteiger partial charge is 0.362 e. The van der Waals surface area contributed by atoms with Gasteiger partial charge < -0.3 is 9.64 Å². The van der Waals surface area contributed by atoms with Crippen molar-refractivity contribution in [2.45, 2.75) is 12.6 Å². The standard InChI is InChI=1S/C17H18BNO2/c18-15-8-6-14(7-9-15)16-11-19(17(20)12-21-16)10-13-4-2-1-3-5-13/h1-9,16H,10-12,18H2. The average molecular weight is 279 g/mol. The Bertz CT molecular complexity index is 612. The number of rotatable bonds is 3. The Labute approximate surface area is 125 Å². The highest BCUT2D eigenvalue weighted by Crippen LogP contribution is 2.23. The average Bonchev–Trinajstić information content (AvgIpc) is 2.51. The Morgan fingerprint density at radius 3 is 2.52 bits per heavy atom. The first-order chi connectivity index (χ1) is 10.2. The van der Waals surface area contributed by atoms with Gasteiger partial charge in [0.05, 0.1) is 6.54 Å². The van der Waals surface area contributed by atoms with Crippen molar-refractivity contribution in [1.29, 1.82) is 0 Å². The van der Waals surface area contributed by atoms with Gasteiger partial charge in [-0.05, 0) is 11.1 Å². The zero-order valence-electron chi connectivity index (χ0n) is 12.2. The molecule has 1 heterocycles. The summed E-state index contributed by atoms with van der Waals surface area (Å²) >= 11 is 0. The number of nitrogens with zero attached hydrogens (tertiary/aromatic N) is 1. The second-order valence-electron chi connectivity index (χ2n) is 5.47. The van der Waals surface area contributed by atoms with Crippen LogP contribution in [0.5, 0.6) is 0 Å². The van der Waals surface area contributed by atoms with Crippen LogP contribution in [0.4, 0.5) is 0 Å². The number of carbonyl (C=O) groups is 1. The highest BCUT2D eigenvalue weighted by molar-refractivity contribution is 6.32. The molecular weight excluding hydrogens is 261 g/mol. The normalized spacial score (nSPS) is 18.8. The minimum Gasteiger partial charge on any atom is -0.362 e. The number of amides is 1. The van der Waals surface area contributed by atoms with E-state index in [0.717, 1.165) is 11.1 Å². The zero-order valence-corrected chi connectivity index (χ0v) is 12.2. The molecule has 0 spiro atoms. The fourth-order valence-electron chi connectivity index (χ4n) is 2.56. The topological polar surface area (TPSA) is 29.5 Å². The summed E-state index contributed by atoms with van der Waals surface area (Å²) in [6.07, 6.45) is -0.0352. The van der Waals surface area contributed by atoms with Crippen LogP contribution in [-0.4, -0.2) is 31.8 Å². The fraction of sp³-hybridized carbons (Fsp3) is 0.235. The Hall–Kier alpha value is -2.07. The van der Waals surface area contributed by atoms with Gasteiger partial charge in [-0.2, -0.15) is 0 Å². The first-order valence-electron chi connectivity index (χ1n) is 7.22. The van der Waals surface area contributed by atoms with Crippen molar-refractivity contribution in [2.75, 3.05) is 13.2 Å². The van der Waals surface area contributed by atoms with Crippen LogP contribution in [-0.2, 0) is 16.1 Å². The van der Waals surface area contributed by atoms with Crippen LogP contribution in [0.3, 0.4) is 0 Å². The van der Waals surface area contributed by atoms with Gasteiger partial charge in [-0.1, -0.05) is 60.1 Å². The number of ether oxygens (including phenoxy) is 1. The van der Waals surface area contributed by atoms with Crippen LogP contribution in [0.2, 0.25) is 0 Å². The molecule has 1 amide bonds.